The lowest BCUT2D eigenvalue weighted by molar-refractivity contribution is -0.139. The van der Waals surface area contributed by atoms with Crippen molar-refractivity contribution in [3.8, 4) is 5.75 Å². The molecule has 2 aromatic carbocycles. The third-order valence-corrected chi connectivity index (χ3v) is 8.11. The Balaban J connectivity index is 1.90. The first-order chi connectivity index (χ1) is 17.0. The maximum atomic E-state index is 13.6. The fraction of sp³-hybridized carbons (Fsp3) is 0.440. The average molecular weight is 557 g/mol. The number of methoxy groups -OCH3 is 1. The number of nitrogens with one attached hydrogen (secondary N) is 1. The molecule has 0 bridgehead atoms. The molecule has 2 aromatic rings. The summed E-state index contributed by atoms with van der Waals surface area (Å²) in [6.45, 7) is 1.22. The van der Waals surface area contributed by atoms with E-state index in [1.54, 1.807) is 32.2 Å². The van der Waals surface area contributed by atoms with Crippen molar-refractivity contribution in [2.75, 3.05) is 24.2 Å². The van der Waals surface area contributed by atoms with E-state index in [1.165, 1.54) is 23.1 Å². The second kappa shape index (κ2) is 12.2. The van der Waals surface area contributed by atoms with E-state index < -0.39 is 28.5 Å². The Bertz CT molecular complexity index is 1200. The summed E-state index contributed by atoms with van der Waals surface area (Å²) in [5.41, 5.74) is 0.938. The van der Waals surface area contributed by atoms with Gasteiger partial charge in [0.15, 0.2) is 0 Å². The maximum Gasteiger partial charge on any atom is 0.244 e. The van der Waals surface area contributed by atoms with Crippen LogP contribution in [0.25, 0.3) is 0 Å². The Hall–Kier alpha value is -2.49. The van der Waals surface area contributed by atoms with Gasteiger partial charge in [0, 0.05) is 12.6 Å². The fourth-order valence-electron chi connectivity index (χ4n) is 4.20. The van der Waals surface area contributed by atoms with Crippen molar-refractivity contribution in [1.29, 1.82) is 0 Å². The van der Waals surface area contributed by atoms with Gasteiger partial charge in [-0.3, -0.25) is 13.9 Å². The molecule has 196 valence electrons. The quantitative estimate of drug-likeness (QED) is 0.472. The van der Waals surface area contributed by atoms with Crippen molar-refractivity contribution in [3.05, 3.63) is 58.1 Å². The Labute approximate surface area is 222 Å². The van der Waals surface area contributed by atoms with Gasteiger partial charge in [-0.25, -0.2) is 8.42 Å². The molecule has 1 atom stereocenters. The topological polar surface area (TPSA) is 96.0 Å². The molecule has 0 spiro atoms. The second-order valence-corrected chi connectivity index (χ2v) is 11.6. The number of ether oxygens (including phenoxy) is 1. The van der Waals surface area contributed by atoms with Crippen LogP contribution < -0.4 is 14.4 Å². The van der Waals surface area contributed by atoms with Crippen LogP contribution in [0.2, 0.25) is 10.0 Å². The standard InChI is InChI=1S/C25H31Cl2N3O5S/c1-17(25(32)28-19-8-4-5-9-19)29(15-18-7-6-10-21(13-18)35-2)24(31)16-30(36(3,33)34)20-11-12-22(26)23(27)14-20/h6-7,10-14,17,19H,4-5,8-9,15-16H2,1-3H3,(H,28,32)/t17-/m0/s1. The number of carbonyl (C=O) groups is 2. The predicted molar refractivity (Wildman–Crippen MR) is 142 cm³/mol. The first-order valence-electron chi connectivity index (χ1n) is 11.6. The molecule has 0 aromatic heterocycles. The molecule has 1 aliphatic rings. The number of benzene rings is 2. The van der Waals surface area contributed by atoms with Crippen molar-refractivity contribution in [2.24, 2.45) is 0 Å². The fourth-order valence-corrected chi connectivity index (χ4v) is 5.33. The molecular formula is C25H31Cl2N3O5S. The van der Waals surface area contributed by atoms with Crippen LogP contribution in [0.1, 0.15) is 38.2 Å². The summed E-state index contributed by atoms with van der Waals surface area (Å²) >= 11 is 12.1. The summed E-state index contributed by atoms with van der Waals surface area (Å²) in [5, 5.41) is 3.45. The van der Waals surface area contributed by atoms with E-state index in [4.69, 9.17) is 27.9 Å². The van der Waals surface area contributed by atoms with Gasteiger partial charge in [-0.15, -0.1) is 0 Å². The molecule has 0 saturated heterocycles. The Morgan fingerprint density at radius 3 is 2.42 bits per heavy atom. The number of nitrogens with zero attached hydrogens (tertiary/aromatic N) is 2. The average Bonchev–Trinajstić information content (AvgIpc) is 3.34. The maximum absolute atomic E-state index is 13.6. The number of hydrogen-bond donors (Lipinski definition) is 1. The molecule has 11 heteroatoms. The van der Waals surface area contributed by atoms with Gasteiger partial charge in [0.1, 0.15) is 18.3 Å². The van der Waals surface area contributed by atoms with Gasteiger partial charge in [0.25, 0.3) is 0 Å². The van der Waals surface area contributed by atoms with Gasteiger partial charge in [0.2, 0.25) is 21.8 Å². The van der Waals surface area contributed by atoms with E-state index in [2.05, 4.69) is 5.32 Å². The lowest BCUT2D eigenvalue weighted by atomic mass is 10.1. The molecule has 2 amide bonds. The van der Waals surface area contributed by atoms with Crippen LogP contribution in [0.15, 0.2) is 42.5 Å². The molecule has 1 fully saturated rings. The summed E-state index contributed by atoms with van der Waals surface area (Å²) in [6.07, 6.45) is 4.92. The van der Waals surface area contributed by atoms with Crippen LogP contribution in [0.5, 0.6) is 5.75 Å². The normalized spacial score (nSPS) is 14.8. The zero-order chi connectivity index (χ0) is 26.5. The lowest BCUT2D eigenvalue weighted by Crippen LogP contribution is -2.52. The Morgan fingerprint density at radius 1 is 1.11 bits per heavy atom. The molecule has 36 heavy (non-hydrogen) atoms. The summed E-state index contributed by atoms with van der Waals surface area (Å²) in [5.74, 6) is -0.210. The minimum absolute atomic E-state index is 0.0810. The molecule has 0 unspecified atom stereocenters. The van der Waals surface area contributed by atoms with E-state index in [1.807, 2.05) is 6.07 Å². The molecule has 8 nitrogen and oxygen atoms in total. The van der Waals surface area contributed by atoms with Crippen LogP contribution in [0, 0.1) is 0 Å². The van der Waals surface area contributed by atoms with Crippen molar-refractivity contribution in [3.63, 3.8) is 0 Å². The van der Waals surface area contributed by atoms with Gasteiger partial charge in [-0.05, 0) is 55.7 Å². The van der Waals surface area contributed by atoms with Gasteiger partial charge in [-0.1, -0.05) is 48.2 Å². The Morgan fingerprint density at radius 2 is 1.81 bits per heavy atom. The molecule has 3 rings (SSSR count). The molecular weight excluding hydrogens is 525 g/mol. The first-order valence-corrected chi connectivity index (χ1v) is 14.3. The van der Waals surface area contributed by atoms with Crippen molar-refractivity contribution < 1.29 is 22.7 Å². The number of amides is 2. The summed E-state index contributed by atoms with van der Waals surface area (Å²) in [6, 6.07) is 10.7. The zero-order valence-electron chi connectivity index (χ0n) is 20.5. The number of anilines is 1. The van der Waals surface area contributed by atoms with Gasteiger partial charge < -0.3 is 15.0 Å². The van der Waals surface area contributed by atoms with Crippen LogP contribution in [0.4, 0.5) is 5.69 Å². The number of sulfonamides is 1. The highest BCUT2D eigenvalue weighted by Crippen LogP contribution is 2.29. The zero-order valence-corrected chi connectivity index (χ0v) is 22.9. The molecule has 1 aliphatic carbocycles. The number of halogens is 2. The van der Waals surface area contributed by atoms with E-state index >= 15 is 0 Å². The molecule has 1 saturated carbocycles. The Kier molecular flexibility index (Phi) is 9.49. The monoisotopic (exact) mass is 555 g/mol. The largest absolute Gasteiger partial charge is 0.497 e. The van der Waals surface area contributed by atoms with Crippen molar-refractivity contribution >= 4 is 50.7 Å². The predicted octanol–water partition coefficient (Wildman–Crippen LogP) is 4.24. The van der Waals surface area contributed by atoms with Gasteiger partial charge >= 0.3 is 0 Å². The molecule has 0 aliphatic heterocycles. The highest BCUT2D eigenvalue weighted by Gasteiger charge is 2.31. The van der Waals surface area contributed by atoms with E-state index in [0.29, 0.717) is 5.75 Å². The number of carbonyl (C=O) groups excluding carboxylic acids is 2. The summed E-state index contributed by atoms with van der Waals surface area (Å²) in [7, 11) is -2.32. The number of hydrogen-bond acceptors (Lipinski definition) is 5. The van der Waals surface area contributed by atoms with Crippen LogP contribution in [-0.4, -0.2) is 57.1 Å². The summed E-state index contributed by atoms with van der Waals surface area (Å²) < 4.78 is 31.5. The summed E-state index contributed by atoms with van der Waals surface area (Å²) in [4.78, 5) is 28.1. The van der Waals surface area contributed by atoms with Crippen molar-refractivity contribution in [2.45, 2.75) is 51.2 Å². The van der Waals surface area contributed by atoms with E-state index in [0.717, 1.165) is 41.8 Å². The third kappa shape index (κ3) is 7.27. The minimum atomic E-state index is -3.86. The third-order valence-electron chi connectivity index (χ3n) is 6.23. The van der Waals surface area contributed by atoms with Crippen molar-refractivity contribution in [1.82, 2.24) is 10.2 Å². The number of rotatable bonds is 10. The van der Waals surface area contributed by atoms with Gasteiger partial charge in [0.05, 0.1) is 29.1 Å². The van der Waals surface area contributed by atoms with Crippen LogP contribution in [0.3, 0.4) is 0 Å². The van der Waals surface area contributed by atoms with Crippen LogP contribution >= 0.6 is 23.2 Å². The van der Waals surface area contributed by atoms with Crippen LogP contribution in [-0.2, 0) is 26.2 Å². The highest BCUT2D eigenvalue weighted by atomic mass is 35.5. The molecule has 1 N–H and O–H groups in total. The van der Waals surface area contributed by atoms with E-state index in [-0.39, 0.29) is 34.2 Å². The molecule has 0 radical (unpaired) electrons. The first kappa shape index (κ1) is 28.1. The van der Waals surface area contributed by atoms with E-state index in [9.17, 15) is 18.0 Å². The SMILES string of the molecule is COc1cccc(CN(C(=O)CN(c2ccc(Cl)c(Cl)c2)S(C)(=O)=O)[C@@H](C)C(=O)NC2CCCC2)c1. The molecule has 0 heterocycles. The highest BCUT2D eigenvalue weighted by molar-refractivity contribution is 7.92. The smallest absolute Gasteiger partial charge is 0.244 e. The minimum Gasteiger partial charge on any atom is -0.497 e. The lowest BCUT2D eigenvalue weighted by Gasteiger charge is -2.32. The second-order valence-electron chi connectivity index (χ2n) is 8.91. The van der Waals surface area contributed by atoms with Gasteiger partial charge in [-0.2, -0.15) is 0 Å².